The summed E-state index contributed by atoms with van der Waals surface area (Å²) >= 11 is 7.41. The summed E-state index contributed by atoms with van der Waals surface area (Å²) in [7, 11) is 0. The topological polar surface area (TPSA) is 24.9 Å². The van der Waals surface area contributed by atoms with Crippen LogP contribution in [0.5, 0.6) is 0 Å². The number of nitrogens with one attached hydrogen (secondary N) is 1. The van der Waals surface area contributed by atoms with Crippen molar-refractivity contribution in [3.63, 3.8) is 0 Å². The molecule has 2 rings (SSSR count). The maximum absolute atomic E-state index is 13.9. The molecule has 0 bridgehead atoms. The standard InChI is InChI=1S/C15H18ClFN2S/c1-3-7-18-10(2)13-9-19-14(20-13)8-11-5-4-6-12(16)15(11)17/h4-6,9-10,18H,3,7-8H2,1-2H3. The zero-order valence-electron chi connectivity index (χ0n) is 11.6. The lowest BCUT2D eigenvalue weighted by Crippen LogP contribution is -2.18. The molecular formula is C15H18ClFN2S. The van der Waals surface area contributed by atoms with Crippen LogP contribution in [-0.2, 0) is 6.42 Å². The number of hydrogen-bond donors (Lipinski definition) is 1. The molecule has 1 heterocycles. The van der Waals surface area contributed by atoms with Gasteiger partial charge in [-0.15, -0.1) is 11.3 Å². The van der Waals surface area contributed by atoms with Gasteiger partial charge in [0, 0.05) is 23.5 Å². The molecule has 0 aliphatic rings. The molecule has 0 radical (unpaired) electrons. The van der Waals surface area contributed by atoms with Gasteiger partial charge >= 0.3 is 0 Å². The maximum atomic E-state index is 13.9. The van der Waals surface area contributed by atoms with E-state index < -0.39 is 0 Å². The van der Waals surface area contributed by atoms with Crippen LogP contribution in [0.4, 0.5) is 4.39 Å². The van der Waals surface area contributed by atoms with Crippen LogP contribution in [0.3, 0.4) is 0 Å². The van der Waals surface area contributed by atoms with E-state index >= 15 is 0 Å². The van der Waals surface area contributed by atoms with Gasteiger partial charge in [0.2, 0.25) is 0 Å². The second-order valence-corrected chi connectivity index (χ2v) is 6.28. The van der Waals surface area contributed by atoms with E-state index in [1.165, 1.54) is 4.88 Å². The van der Waals surface area contributed by atoms with Crippen LogP contribution < -0.4 is 5.32 Å². The number of thiazole rings is 1. The maximum Gasteiger partial charge on any atom is 0.145 e. The number of nitrogens with zero attached hydrogens (tertiary/aromatic N) is 1. The number of halogens is 2. The molecule has 1 unspecified atom stereocenters. The van der Waals surface area contributed by atoms with Gasteiger partial charge in [-0.2, -0.15) is 0 Å². The van der Waals surface area contributed by atoms with Crippen molar-refractivity contribution in [1.29, 1.82) is 0 Å². The van der Waals surface area contributed by atoms with Gasteiger partial charge in [-0.25, -0.2) is 9.37 Å². The Kier molecular flexibility index (Phi) is 5.52. The van der Waals surface area contributed by atoms with Crippen molar-refractivity contribution in [1.82, 2.24) is 10.3 Å². The Balaban J connectivity index is 2.07. The van der Waals surface area contributed by atoms with Gasteiger partial charge < -0.3 is 5.32 Å². The predicted molar refractivity (Wildman–Crippen MR) is 83.0 cm³/mol. The van der Waals surface area contributed by atoms with Crippen molar-refractivity contribution in [3.05, 3.63) is 50.7 Å². The van der Waals surface area contributed by atoms with Gasteiger partial charge in [-0.1, -0.05) is 30.7 Å². The molecule has 5 heteroatoms. The monoisotopic (exact) mass is 312 g/mol. The average Bonchev–Trinajstić information content (AvgIpc) is 2.90. The Hall–Kier alpha value is -0.970. The molecule has 1 N–H and O–H groups in total. The third-order valence-electron chi connectivity index (χ3n) is 3.07. The summed E-state index contributed by atoms with van der Waals surface area (Å²) in [5, 5.41) is 4.49. The molecule has 1 aromatic carbocycles. The van der Waals surface area contributed by atoms with Crippen LogP contribution >= 0.6 is 22.9 Å². The molecule has 2 aromatic rings. The minimum Gasteiger partial charge on any atom is -0.309 e. The van der Waals surface area contributed by atoms with Crippen molar-refractivity contribution < 1.29 is 4.39 Å². The summed E-state index contributed by atoms with van der Waals surface area (Å²) in [5.41, 5.74) is 0.590. The van der Waals surface area contributed by atoms with Gasteiger partial charge in [0.05, 0.1) is 10.0 Å². The fourth-order valence-electron chi connectivity index (χ4n) is 1.92. The predicted octanol–water partition coefficient (Wildman–Crippen LogP) is 4.59. The number of rotatable bonds is 6. The van der Waals surface area contributed by atoms with Gasteiger partial charge in [0.15, 0.2) is 0 Å². The molecule has 0 saturated heterocycles. The van der Waals surface area contributed by atoms with Crippen molar-refractivity contribution in [3.8, 4) is 0 Å². The van der Waals surface area contributed by atoms with E-state index in [0.717, 1.165) is 18.0 Å². The lowest BCUT2D eigenvalue weighted by Gasteiger charge is -2.09. The van der Waals surface area contributed by atoms with Crippen LogP contribution in [0.1, 0.15) is 41.8 Å². The van der Waals surface area contributed by atoms with E-state index in [1.54, 1.807) is 29.5 Å². The van der Waals surface area contributed by atoms with E-state index in [-0.39, 0.29) is 16.9 Å². The zero-order chi connectivity index (χ0) is 14.5. The van der Waals surface area contributed by atoms with Crippen molar-refractivity contribution >= 4 is 22.9 Å². The molecule has 2 nitrogen and oxygen atoms in total. The van der Waals surface area contributed by atoms with Crippen LogP contribution in [0.15, 0.2) is 24.4 Å². The quantitative estimate of drug-likeness (QED) is 0.844. The fourth-order valence-corrected chi connectivity index (χ4v) is 3.08. The first-order valence-corrected chi connectivity index (χ1v) is 7.92. The van der Waals surface area contributed by atoms with E-state index in [9.17, 15) is 4.39 Å². The van der Waals surface area contributed by atoms with E-state index in [4.69, 9.17) is 11.6 Å². The number of aromatic nitrogens is 1. The van der Waals surface area contributed by atoms with E-state index in [0.29, 0.717) is 12.0 Å². The third kappa shape index (κ3) is 3.78. The first kappa shape index (κ1) is 15.4. The Morgan fingerprint density at radius 3 is 3.00 bits per heavy atom. The third-order valence-corrected chi connectivity index (χ3v) is 4.54. The largest absolute Gasteiger partial charge is 0.309 e. The van der Waals surface area contributed by atoms with Crippen molar-refractivity contribution in [2.75, 3.05) is 6.54 Å². The van der Waals surface area contributed by atoms with Crippen LogP contribution in [0.2, 0.25) is 5.02 Å². The Bertz CT molecular complexity index is 571. The molecule has 0 fully saturated rings. The molecule has 0 saturated carbocycles. The highest BCUT2D eigenvalue weighted by atomic mass is 35.5. The summed E-state index contributed by atoms with van der Waals surface area (Å²) in [6.45, 7) is 5.24. The smallest absolute Gasteiger partial charge is 0.145 e. The zero-order valence-corrected chi connectivity index (χ0v) is 13.2. The number of hydrogen-bond acceptors (Lipinski definition) is 3. The molecule has 0 aliphatic carbocycles. The first-order valence-electron chi connectivity index (χ1n) is 6.72. The van der Waals surface area contributed by atoms with Crippen LogP contribution in [0, 0.1) is 5.82 Å². The summed E-state index contributed by atoms with van der Waals surface area (Å²) in [4.78, 5) is 5.56. The lowest BCUT2D eigenvalue weighted by atomic mass is 10.1. The number of benzene rings is 1. The lowest BCUT2D eigenvalue weighted by molar-refractivity contribution is 0.577. The average molecular weight is 313 g/mol. The van der Waals surface area contributed by atoms with Crippen molar-refractivity contribution in [2.24, 2.45) is 0 Å². The summed E-state index contributed by atoms with van der Waals surface area (Å²) in [5.74, 6) is -0.344. The molecule has 20 heavy (non-hydrogen) atoms. The first-order chi connectivity index (χ1) is 9.61. The minimum atomic E-state index is -0.344. The molecular weight excluding hydrogens is 295 g/mol. The minimum absolute atomic E-state index is 0.164. The van der Waals surface area contributed by atoms with Crippen molar-refractivity contribution in [2.45, 2.75) is 32.7 Å². The summed E-state index contributed by atoms with van der Waals surface area (Å²) in [6, 6.07) is 5.36. The summed E-state index contributed by atoms with van der Waals surface area (Å²) < 4.78 is 13.9. The SMILES string of the molecule is CCCNC(C)c1cnc(Cc2cccc(Cl)c2F)s1. The molecule has 1 aromatic heterocycles. The molecule has 1 atom stereocenters. The van der Waals surface area contributed by atoms with Gasteiger partial charge in [-0.05, 0) is 31.5 Å². The second kappa shape index (κ2) is 7.16. The van der Waals surface area contributed by atoms with Gasteiger partial charge in [-0.3, -0.25) is 0 Å². The molecule has 108 valence electrons. The molecule has 0 spiro atoms. The van der Waals surface area contributed by atoms with E-state index in [2.05, 4.69) is 24.1 Å². The highest BCUT2D eigenvalue weighted by molar-refractivity contribution is 7.11. The van der Waals surface area contributed by atoms with E-state index in [1.807, 2.05) is 6.20 Å². The van der Waals surface area contributed by atoms with Crippen LogP contribution in [0.25, 0.3) is 0 Å². The highest BCUT2D eigenvalue weighted by Gasteiger charge is 2.12. The van der Waals surface area contributed by atoms with Gasteiger partial charge in [0.25, 0.3) is 0 Å². The van der Waals surface area contributed by atoms with Crippen LogP contribution in [-0.4, -0.2) is 11.5 Å². The normalized spacial score (nSPS) is 12.6. The van der Waals surface area contributed by atoms with Gasteiger partial charge in [0.1, 0.15) is 5.82 Å². The highest BCUT2D eigenvalue weighted by Crippen LogP contribution is 2.25. The fraction of sp³-hybridized carbons (Fsp3) is 0.400. The molecule has 0 aliphatic heterocycles. The Morgan fingerprint density at radius 2 is 2.25 bits per heavy atom. The summed E-state index contributed by atoms with van der Waals surface area (Å²) in [6.07, 6.45) is 3.46. The molecule has 0 amide bonds. The second-order valence-electron chi connectivity index (χ2n) is 4.72. The Morgan fingerprint density at radius 1 is 1.45 bits per heavy atom. The Labute approximate surface area is 128 Å².